The molecule has 0 aliphatic heterocycles. The van der Waals surface area contributed by atoms with E-state index in [2.05, 4.69) is 19.2 Å². The molecule has 0 atom stereocenters. The summed E-state index contributed by atoms with van der Waals surface area (Å²) in [5.74, 6) is -0.129. The van der Waals surface area contributed by atoms with E-state index in [4.69, 9.17) is 11.6 Å². The summed E-state index contributed by atoms with van der Waals surface area (Å²) in [6, 6.07) is 11.6. The largest absolute Gasteiger partial charge is 0.322 e. The van der Waals surface area contributed by atoms with Gasteiger partial charge in [0.2, 0.25) is 10.0 Å². The van der Waals surface area contributed by atoms with Crippen LogP contribution in [0.2, 0.25) is 5.02 Å². The summed E-state index contributed by atoms with van der Waals surface area (Å²) in [5.41, 5.74) is 1.83. The Morgan fingerprint density at radius 1 is 1.12 bits per heavy atom. The SMILES string of the molecule is CC(C)c1cccc(NC(=O)c2cc(S(=O)(=O)N(C)C)ccc2Cl)c1. The Kier molecular flexibility index (Phi) is 5.87. The van der Waals surface area contributed by atoms with E-state index in [0.29, 0.717) is 11.6 Å². The molecule has 0 unspecified atom stereocenters. The Balaban J connectivity index is 2.35. The zero-order valence-corrected chi connectivity index (χ0v) is 16.1. The molecule has 0 radical (unpaired) electrons. The highest BCUT2D eigenvalue weighted by Crippen LogP contribution is 2.24. The molecule has 1 N–H and O–H groups in total. The van der Waals surface area contributed by atoms with Gasteiger partial charge in [0.25, 0.3) is 5.91 Å². The van der Waals surface area contributed by atoms with E-state index in [0.717, 1.165) is 9.87 Å². The van der Waals surface area contributed by atoms with Gasteiger partial charge in [-0.15, -0.1) is 0 Å². The summed E-state index contributed by atoms with van der Waals surface area (Å²) >= 11 is 6.10. The number of carbonyl (C=O) groups excluding carboxylic acids is 1. The molecule has 0 fully saturated rings. The van der Waals surface area contributed by atoms with E-state index >= 15 is 0 Å². The number of hydrogen-bond acceptors (Lipinski definition) is 3. The Hall–Kier alpha value is -1.89. The van der Waals surface area contributed by atoms with Gasteiger partial charge in [-0.25, -0.2) is 12.7 Å². The van der Waals surface area contributed by atoms with E-state index in [1.165, 1.54) is 32.3 Å². The number of carbonyl (C=O) groups is 1. The highest BCUT2D eigenvalue weighted by molar-refractivity contribution is 7.89. The fourth-order valence-electron chi connectivity index (χ4n) is 2.22. The predicted molar refractivity (Wildman–Crippen MR) is 101 cm³/mol. The lowest BCUT2D eigenvalue weighted by molar-refractivity contribution is 0.102. The van der Waals surface area contributed by atoms with Crippen molar-refractivity contribution in [2.75, 3.05) is 19.4 Å². The van der Waals surface area contributed by atoms with Crippen LogP contribution in [-0.2, 0) is 10.0 Å². The van der Waals surface area contributed by atoms with Crippen LogP contribution in [0.5, 0.6) is 0 Å². The van der Waals surface area contributed by atoms with Gasteiger partial charge in [-0.2, -0.15) is 0 Å². The number of nitrogens with zero attached hydrogens (tertiary/aromatic N) is 1. The maximum atomic E-state index is 12.6. The zero-order chi connectivity index (χ0) is 18.8. The quantitative estimate of drug-likeness (QED) is 0.853. The molecule has 0 aromatic heterocycles. The van der Waals surface area contributed by atoms with E-state index in [1.807, 2.05) is 18.2 Å². The third kappa shape index (κ3) is 4.39. The second kappa shape index (κ2) is 7.56. The molecule has 134 valence electrons. The zero-order valence-electron chi connectivity index (χ0n) is 14.6. The van der Waals surface area contributed by atoms with Crippen LogP contribution in [0.3, 0.4) is 0 Å². The van der Waals surface area contributed by atoms with Crippen molar-refractivity contribution < 1.29 is 13.2 Å². The minimum Gasteiger partial charge on any atom is -0.322 e. The van der Waals surface area contributed by atoms with Gasteiger partial charge in [0.05, 0.1) is 15.5 Å². The number of anilines is 1. The van der Waals surface area contributed by atoms with E-state index < -0.39 is 15.9 Å². The van der Waals surface area contributed by atoms with Gasteiger partial charge in [0.15, 0.2) is 0 Å². The smallest absolute Gasteiger partial charge is 0.257 e. The summed E-state index contributed by atoms with van der Waals surface area (Å²) in [4.78, 5) is 12.6. The molecule has 1 amide bonds. The molecular weight excluding hydrogens is 360 g/mol. The number of sulfonamides is 1. The fraction of sp³-hybridized carbons (Fsp3) is 0.278. The van der Waals surface area contributed by atoms with Crippen LogP contribution < -0.4 is 5.32 Å². The lowest BCUT2D eigenvalue weighted by Crippen LogP contribution is -2.23. The van der Waals surface area contributed by atoms with Crippen LogP contribution >= 0.6 is 11.6 Å². The average Bonchev–Trinajstić information content (AvgIpc) is 2.55. The normalized spacial score (nSPS) is 11.8. The second-order valence-electron chi connectivity index (χ2n) is 6.16. The van der Waals surface area contributed by atoms with Gasteiger partial charge in [0.1, 0.15) is 0 Å². The third-order valence-electron chi connectivity index (χ3n) is 3.77. The maximum Gasteiger partial charge on any atom is 0.257 e. The van der Waals surface area contributed by atoms with Crippen LogP contribution in [0.25, 0.3) is 0 Å². The first-order valence-corrected chi connectivity index (χ1v) is 9.58. The minimum absolute atomic E-state index is 0.0166. The van der Waals surface area contributed by atoms with Crippen LogP contribution in [0.15, 0.2) is 47.4 Å². The Bertz CT molecular complexity index is 893. The molecular formula is C18H21ClN2O3S. The topological polar surface area (TPSA) is 66.5 Å². The Morgan fingerprint density at radius 3 is 2.40 bits per heavy atom. The number of amides is 1. The Labute approximate surface area is 153 Å². The van der Waals surface area contributed by atoms with E-state index in [-0.39, 0.29) is 15.5 Å². The van der Waals surface area contributed by atoms with Crippen LogP contribution in [-0.4, -0.2) is 32.7 Å². The summed E-state index contributed by atoms with van der Waals surface area (Å²) in [7, 11) is -0.783. The number of nitrogens with one attached hydrogen (secondary N) is 1. The van der Waals surface area contributed by atoms with Crippen molar-refractivity contribution in [3.05, 3.63) is 58.6 Å². The molecule has 2 aromatic carbocycles. The van der Waals surface area contributed by atoms with Crippen molar-refractivity contribution in [3.8, 4) is 0 Å². The molecule has 2 rings (SSSR count). The lowest BCUT2D eigenvalue weighted by atomic mass is 10.0. The van der Waals surface area contributed by atoms with Crippen molar-refractivity contribution in [1.82, 2.24) is 4.31 Å². The van der Waals surface area contributed by atoms with Crippen molar-refractivity contribution in [1.29, 1.82) is 0 Å². The Morgan fingerprint density at radius 2 is 1.80 bits per heavy atom. The van der Waals surface area contributed by atoms with Crippen molar-refractivity contribution in [3.63, 3.8) is 0 Å². The number of benzene rings is 2. The fourth-order valence-corrected chi connectivity index (χ4v) is 3.36. The molecule has 0 saturated carbocycles. The van der Waals surface area contributed by atoms with Crippen molar-refractivity contribution in [2.24, 2.45) is 0 Å². The first-order valence-electron chi connectivity index (χ1n) is 7.76. The number of rotatable bonds is 5. The van der Waals surface area contributed by atoms with Crippen molar-refractivity contribution in [2.45, 2.75) is 24.7 Å². The van der Waals surface area contributed by atoms with Crippen LogP contribution in [0.4, 0.5) is 5.69 Å². The molecule has 0 bridgehead atoms. The number of hydrogen-bond donors (Lipinski definition) is 1. The van der Waals surface area contributed by atoms with Gasteiger partial charge < -0.3 is 5.32 Å². The van der Waals surface area contributed by atoms with Gasteiger partial charge in [-0.05, 0) is 41.8 Å². The minimum atomic E-state index is -3.65. The monoisotopic (exact) mass is 380 g/mol. The lowest BCUT2D eigenvalue weighted by Gasteiger charge is -2.14. The third-order valence-corrected chi connectivity index (χ3v) is 5.91. The molecule has 0 saturated heterocycles. The van der Waals surface area contributed by atoms with Crippen molar-refractivity contribution >= 4 is 33.2 Å². The van der Waals surface area contributed by atoms with E-state index in [9.17, 15) is 13.2 Å². The van der Waals surface area contributed by atoms with Crippen LogP contribution in [0.1, 0.15) is 35.7 Å². The molecule has 25 heavy (non-hydrogen) atoms. The van der Waals surface area contributed by atoms with E-state index in [1.54, 1.807) is 6.07 Å². The molecule has 0 heterocycles. The first-order chi connectivity index (χ1) is 11.6. The predicted octanol–water partition coefficient (Wildman–Crippen LogP) is 3.97. The molecule has 0 spiro atoms. The maximum absolute atomic E-state index is 12.6. The molecule has 5 nitrogen and oxygen atoms in total. The summed E-state index contributed by atoms with van der Waals surface area (Å²) in [6.07, 6.45) is 0. The van der Waals surface area contributed by atoms with Gasteiger partial charge in [-0.1, -0.05) is 37.6 Å². The highest BCUT2D eigenvalue weighted by Gasteiger charge is 2.21. The van der Waals surface area contributed by atoms with Gasteiger partial charge >= 0.3 is 0 Å². The van der Waals surface area contributed by atoms with Gasteiger partial charge in [-0.3, -0.25) is 4.79 Å². The summed E-state index contributed by atoms with van der Waals surface area (Å²) in [5, 5.41) is 2.96. The summed E-state index contributed by atoms with van der Waals surface area (Å²) in [6.45, 7) is 4.13. The molecule has 7 heteroatoms. The van der Waals surface area contributed by atoms with Crippen LogP contribution in [0, 0.1) is 0 Å². The molecule has 2 aromatic rings. The second-order valence-corrected chi connectivity index (χ2v) is 8.72. The molecule has 0 aliphatic rings. The number of halogens is 1. The highest BCUT2D eigenvalue weighted by atomic mass is 35.5. The van der Waals surface area contributed by atoms with Gasteiger partial charge in [0, 0.05) is 19.8 Å². The molecule has 0 aliphatic carbocycles. The standard InChI is InChI=1S/C18H21ClN2O3S/c1-12(2)13-6-5-7-14(10-13)20-18(22)16-11-15(8-9-17(16)19)25(23,24)21(3)4/h5-12H,1-4H3,(H,20,22). The summed E-state index contributed by atoms with van der Waals surface area (Å²) < 4.78 is 25.6. The first kappa shape index (κ1) is 19.4. The average molecular weight is 381 g/mol.